The monoisotopic (exact) mass is 348 g/mol. The molecule has 0 saturated carbocycles. The number of carbonyl (C=O) groups excluding carboxylic acids is 1. The largest absolute Gasteiger partial charge is 0.374 e. The Morgan fingerprint density at radius 3 is 2.50 bits per heavy atom. The number of anilines is 1. The van der Waals surface area contributed by atoms with Crippen LogP contribution in [-0.2, 0) is 4.79 Å². The molecule has 0 saturated heterocycles. The lowest BCUT2D eigenvalue weighted by Gasteiger charge is -2.10. The third-order valence-corrected chi connectivity index (χ3v) is 3.28. The van der Waals surface area contributed by atoms with Gasteiger partial charge in [0.1, 0.15) is 0 Å². The molecular weight excluding hydrogens is 336 g/mol. The van der Waals surface area contributed by atoms with Gasteiger partial charge in [0.15, 0.2) is 0 Å². The van der Waals surface area contributed by atoms with Crippen LogP contribution in [-0.4, -0.2) is 19.0 Å². The normalized spacial score (nSPS) is 9.94. The first-order valence-corrected chi connectivity index (χ1v) is 6.68. The van der Waals surface area contributed by atoms with Crippen LogP contribution in [0.25, 0.3) is 0 Å². The smallest absolute Gasteiger partial charge is 0.239 e. The van der Waals surface area contributed by atoms with Gasteiger partial charge < -0.3 is 10.6 Å². The Hall–Kier alpha value is -0.550. The van der Waals surface area contributed by atoms with Gasteiger partial charge in [-0.15, -0.1) is 0 Å². The van der Waals surface area contributed by atoms with Crippen molar-refractivity contribution in [1.29, 1.82) is 0 Å². The molecule has 16 heavy (non-hydrogen) atoms. The lowest BCUT2D eigenvalue weighted by molar-refractivity contribution is -0.119. The van der Waals surface area contributed by atoms with Gasteiger partial charge in [-0.3, -0.25) is 4.79 Å². The molecule has 0 aliphatic carbocycles. The van der Waals surface area contributed by atoms with Crippen molar-refractivity contribution in [1.82, 2.24) is 5.32 Å². The summed E-state index contributed by atoms with van der Waals surface area (Å²) >= 11 is 6.85. The minimum absolute atomic E-state index is 0.00417. The molecule has 0 bridgehead atoms. The van der Waals surface area contributed by atoms with Crippen LogP contribution in [0, 0.1) is 0 Å². The summed E-state index contributed by atoms with van der Waals surface area (Å²) in [5.41, 5.74) is 0.897. The van der Waals surface area contributed by atoms with Gasteiger partial charge in [0, 0.05) is 15.5 Å². The van der Waals surface area contributed by atoms with Crippen LogP contribution < -0.4 is 10.6 Å². The molecule has 88 valence electrons. The first kappa shape index (κ1) is 13.5. The van der Waals surface area contributed by atoms with Crippen LogP contribution in [0.2, 0.25) is 0 Å². The molecule has 0 aliphatic rings. The highest BCUT2D eigenvalue weighted by Crippen LogP contribution is 2.30. The van der Waals surface area contributed by atoms with Crippen molar-refractivity contribution in [2.75, 3.05) is 18.4 Å². The van der Waals surface area contributed by atoms with Gasteiger partial charge in [0.05, 0.1) is 12.2 Å². The van der Waals surface area contributed by atoms with Crippen LogP contribution in [0.4, 0.5) is 5.69 Å². The van der Waals surface area contributed by atoms with E-state index in [1.54, 1.807) is 0 Å². The Labute approximate surface area is 112 Å². The molecule has 0 fully saturated rings. The number of para-hydroxylation sites is 1. The molecule has 3 nitrogen and oxygen atoms in total. The predicted molar refractivity (Wildman–Crippen MR) is 73.6 cm³/mol. The van der Waals surface area contributed by atoms with Gasteiger partial charge in [-0.1, -0.05) is 13.0 Å². The number of amides is 1. The Bertz CT molecular complexity index is 349. The molecule has 1 amide bonds. The van der Waals surface area contributed by atoms with E-state index in [1.807, 2.05) is 25.1 Å². The lowest BCUT2D eigenvalue weighted by Crippen LogP contribution is -2.30. The van der Waals surface area contributed by atoms with E-state index < -0.39 is 0 Å². The number of carbonyl (C=O) groups is 1. The highest BCUT2D eigenvalue weighted by Gasteiger charge is 2.05. The van der Waals surface area contributed by atoms with E-state index in [1.165, 1.54) is 0 Å². The summed E-state index contributed by atoms with van der Waals surface area (Å²) in [6.07, 6.45) is 0.949. The van der Waals surface area contributed by atoms with E-state index in [4.69, 9.17) is 0 Å². The Morgan fingerprint density at radius 2 is 1.94 bits per heavy atom. The lowest BCUT2D eigenvalue weighted by atomic mass is 10.3. The van der Waals surface area contributed by atoms with Crippen molar-refractivity contribution in [3.8, 4) is 0 Å². The molecule has 0 atom stereocenters. The van der Waals surface area contributed by atoms with Crippen molar-refractivity contribution >= 4 is 43.5 Å². The number of halogens is 2. The number of hydrogen-bond acceptors (Lipinski definition) is 2. The van der Waals surface area contributed by atoms with Crippen molar-refractivity contribution < 1.29 is 4.79 Å². The minimum Gasteiger partial charge on any atom is -0.374 e. The topological polar surface area (TPSA) is 41.1 Å². The van der Waals surface area contributed by atoms with E-state index in [9.17, 15) is 4.79 Å². The second-order valence-electron chi connectivity index (χ2n) is 3.30. The fourth-order valence-corrected chi connectivity index (χ4v) is 2.44. The molecule has 0 spiro atoms. The summed E-state index contributed by atoms with van der Waals surface area (Å²) in [7, 11) is 0. The van der Waals surface area contributed by atoms with Crippen molar-refractivity contribution in [3.05, 3.63) is 27.1 Å². The Kier molecular flexibility index (Phi) is 5.84. The molecule has 1 rings (SSSR count). The highest BCUT2D eigenvalue weighted by molar-refractivity contribution is 9.11. The summed E-state index contributed by atoms with van der Waals surface area (Å²) in [5.74, 6) is 0.00417. The number of nitrogens with one attached hydrogen (secondary N) is 2. The van der Waals surface area contributed by atoms with Crippen LogP contribution in [0.15, 0.2) is 27.1 Å². The molecule has 2 N–H and O–H groups in total. The fraction of sp³-hybridized carbons (Fsp3) is 0.364. The molecule has 1 aromatic rings. The Morgan fingerprint density at radius 1 is 1.31 bits per heavy atom. The Balaban J connectivity index is 2.51. The summed E-state index contributed by atoms with van der Waals surface area (Å²) in [4.78, 5) is 11.4. The fourth-order valence-electron chi connectivity index (χ4n) is 1.16. The first-order chi connectivity index (χ1) is 7.65. The van der Waals surface area contributed by atoms with Crippen molar-refractivity contribution in [3.63, 3.8) is 0 Å². The van der Waals surface area contributed by atoms with Crippen LogP contribution in [0.3, 0.4) is 0 Å². The first-order valence-electron chi connectivity index (χ1n) is 5.09. The van der Waals surface area contributed by atoms with Crippen LogP contribution >= 0.6 is 31.9 Å². The maximum absolute atomic E-state index is 11.4. The molecular formula is C11H14Br2N2O. The second-order valence-corrected chi connectivity index (χ2v) is 5.01. The van der Waals surface area contributed by atoms with Crippen LogP contribution in [0.5, 0.6) is 0 Å². The second kappa shape index (κ2) is 6.91. The van der Waals surface area contributed by atoms with Gasteiger partial charge in [-0.05, 0) is 50.4 Å². The zero-order chi connectivity index (χ0) is 12.0. The summed E-state index contributed by atoms with van der Waals surface area (Å²) < 4.78 is 1.87. The molecule has 0 radical (unpaired) electrons. The average molecular weight is 350 g/mol. The quantitative estimate of drug-likeness (QED) is 0.857. The van der Waals surface area contributed by atoms with Gasteiger partial charge in [0.2, 0.25) is 5.91 Å². The zero-order valence-electron chi connectivity index (χ0n) is 9.02. The number of rotatable bonds is 5. The molecule has 0 heterocycles. The molecule has 0 aromatic heterocycles. The number of hydrogen-bond donors (Lipinski definition) is 2. The van der Waals surface area contributed by atoms with Gasteiger partial charge in [-0.25, -0.2) is 0 Å². The number of benzene rings is 1. The molecule has 5 heteroatoms. The van der Waals surface area contributed by atoms with E-state index in [0.29, 0.717) is 0 Å². The molecule has 0 unspecified atom stereocenters. The molecule has 1 aromatic carbocycles. The maximum atomic E-state index is 11.4. The SMILES string of the molecule is CCCNC(=O)CNc1c(Br)cccc1Br. The predicted octanol–water partition coefficient (Wildman–Crippen LogP) is 3.15. The van der Waals surface area contributed by atoms with Crippen molar-refractivity contribution in [2.45, 2.75) is 13.3 Å². The van der Waals surface area contributed by atoms with E-state index in [0.717, 1.165) is 27.6 Å². The summed E-state index contributed by atoms with van der Waals surface area (Å²) in [5, 5.41) is 5.89. The highest BCUT2D eigenvalue weighted by atomic mass is 79.9. The van der Waals surface area contributed by atoms with Gasteiger partial charge in [-0.2, -0.15) is 0 Å². The van der Waals surface area contributed by atoms with Gasteiger partial charge >= 0.3 is 0 Å². The van der Waals surface area contributed by atoms with E-state index >= 15 is 0 Å². The minimum atomic E-state index is 0.00417. The van der Waals surface area contributed by atoms with Crippen molar-refractivity contribution in [2.24, 2.45) is 0 Å². The average Bonchev–Trinajstić information content (AvgIpc) is 2.25. The van der Waals surface area contributed by atoms with E-state index in [-0.39, 0.29) is 12.5 Å². The third kappa shape index (κ3) is 4.14. The third-order valence-electron chi connectivity index (χ3n) is 1.96. The molecule has 0 aliphatic heterocycles. The standard InChI is InChI=1S/C11H14Br2N2O/c1-2-6-14-10(16)7-15-11-8(12)4-3-5-9(11)13/h3-5,15H,2,6-7H2,1H3,(H,14,16). The van der Waals surface area contributed by atoms with Crippen LogP contribution in [0.1, 0.15) is 13.3 Å². The maximum Gasteiger partial charge on any atom is 0.239 e. The summed E-state index contributed by atoms with van der Waals surface area (Å²) in [6.45, 7) is 3.02. The summed E-state index contributed by atoms with van der Waals surface area (Å²) in [6, 6.07) is 5.78. The van der Waals surface area contributed by atoms with Gasteiger partial charge in [0.25, 0.3) is 0 Å². The van der Waals surface area contributed by atoms with E-state index in [2.05, 4.69) is 42.5 Å². The zero-order valence-corrected chi connectivity index (χ0v) is 12.2.